The lowest BCUT2D eigenvalue weighted by atomic mass is 10.1. The van der Waals surface area contributed by atoms with Crippen LogP contribution in [0.25, 0.3) is 0 Å². The van der Waals surface area contributed by atoms with Crippen LogP contribution in [0.3, 0.4) is 0 Å². The first kappa shape index (κ1) is 27.8. The van der Waals surface area contributed by atoms with E-state index in [0.29, 0.717) is 16.5 Å². The molecule has 0 aliphatic carbocycles. The molecule has 0 atom stereocenters. The molecule has 0 aliphatic rings. The number of ether oxygens (including phenoxy) is 1. The molecule has 0 rings (SSSR count). The van der Waals surface area contributed by atoms with E-state index in [-0.39, 0.29) is 13.2 Å². The fraction of sp³-hybridized carbons (Fsp3) is 0.895. The van der Waals surface area contributed by atoms with Crippen LogP contribution in [0.2, 0.25) is 0 Å². The van der Waals surface area contributed by atoms with Crippen molar-refractivity contribution in [2.45, 2.75) is 89.7 Å². The van der Waals surface area contributed by atoms with Gasteiger partial charge >= 0.3 is 10.4 Å². The predicted molar refractivity (Wildman–Crippen MR) is 118 cm³/mol. The van der Waals surface area contributed by atoms with Crippen molar-refractivity contribution in [2.75, 3.05) is 19.0 Å². The van der Waals surface area contributed by atoms with Crippen molar-refractivity contribution in [3.8, 4) is 0 Å². The fourth-order valence-corrected chi connectivity index (χ4v) is 7.35. The third-order valence-electron chi connectivity index (χ3n) is 4.06. The monoisotopic (exact) mass is 456 g/mol. The van der Waals surface area contributed by atoms with E-state index >= 15 is 0 Å². The van der Waals surface area contributed by atoms with Gasteiger partial charge in [0, 0.05) is 5.75 Å². The number of hydrogen-bond donors (Lipinski definition) is 1. The number of carbonyl (C=O) groups is 2. The van der Waals surface area contributed by atoms with Crippen LogP contribution in [-0.2, 0) is 18.4 Å². The summed E-state index contributed by atoms with van der Waals surface area (Å²) < 4.78 is 26.8. The zero-order valence-electron chi connectivity index (χ0n) is 17.4. The molecule has 0 amide bonds. The number of aliphatic hydroxyl groups is 1. The first-order valence-electron chi connectivity index (χ1n) is 10.1. The molecule has 0 heterocycles. The second-order valence-electron chi connectivity index (χ2n) is 7.19. The number of thioether (sulfide) groups is 1. The Morgan fingerprint density at radius 3 is 1.93 bits per heavy atom. The minimum atomic E-state index is -4.12. The van der Waals surface area contributed by atoms with Crippen molar-refractivity contribution >= 4 is 41.8 Å². The summed E-state index contributed by atoms with van der Waals surface area (Å²) in [5.74, 6) is -0.313. The van der Waals surface area contributed by atoms with E-state index in [1.807, 2.05) is 0 Å². The third kappa shape index (κ3) is 13.1. The van der Waals surface area contributed by atoms with Gasteiger partial charge in [0.05, 0.1) is 6.61 Å². The van der Waals surface area contributed by atoms with Gasteiger partial charge in [-0.2, -0.15) is 0 Å². The lowest BCUT2D eigenvalue weighted by Crippen LogP contribution is -2.33. The summed E-state index contributed by atoms with van der Waals surface area (Å²) in [6.07, 6.45) is 11.8. The molecule has 0 aromatic rings. The molecule has 28 heavy (non-hydrogen) atoms. The first-order valence-corrected chi connectivity index (χ1v) is 13.9. The van der Waals surface area contributed by atoms with Gasteiger partial charge in [0.25, 0.3) is 8.87 Å². The van der Waals surface area contributed by atoms with E-state index in [1.54, 1.807) is 0 Å². The van der Waals surface area contributed by atoms with Crippen molar-refractivity contribution < 1.29 is 27.9 Å². The van der Waals surface area contributed by atoms with Crippen molar-refractivity contribution in [2.24, 2.45) is 0 Å². The van der Waals surface area contributed by atoms with Crippen LogP contribution in [-0.4, -0.2) is 47.7 Å². The van der Waals surface area contributed by atoms with Crippen molar-refractivity contribution in [1.29, 1.82) is 0 Å². The van der Waals surface area contributed by atoms with Crippen LogP contribution in [0.15, 0.2) is 0 Å². The van der Waals surface area contributed by atoms with E-state index in [2.05, 4.69) is 6.92 Å². The Morgan fingerprint density at radius 1 is 0.929 bits per heavy atom. The highest BCUT2D eigenvalue weighted by molar-refractivity contribution is 8.81. The van der Waals surface area contributed by atoms with Gasteiger partial charge in [-0.25, -0.2) is 8.42 Å². The predicted octanol–water partition coefficient (Wildman–Crippen LogP) is 5.14. The summed E-state index contributed by atoms with van der Waals surface area (Å²) in [6, 6.07) is 0. The number of esters is 1. The lowest BCUT2D eigenvalue weighted by Gasteiger charge is -2.20. The van der Waals surface area contributed by atoms with Gasteiger partial charge in [-0.05, 0) is 31.1 Å². The Hall–Kier alpha value is -0.250. The summed E-state index contributed by atoms with van der Waals surface area (Å²) in [6.45, 7) is 4.43. The summed E-state index contributed by atoms with van der Waals surface area (Å²) in [4.78, 5) is 23.8. The molecular formula is C19H36O6S3. The van der Waals surface area contributed by atoms with Crippen LogP contribution in [0.5, 0.6) is 0 Å². The Kier molecular flexibility index (Phi) is 15.4. The van der Waals surface area contributed by atoms with Crippen molar-refractivity contribution in [3.05, 3.63) is 0 Å². The topological polar surface area (TPSA) is 97.7 Å². The maximum absolute atomic E-state index is 12.2. The number of rotatable bonds is 16. The SMILES string of the molecule is CCCCCCCCCCCCSC(=O)S(=O)(=O)SC(C)(C)C(=O)OCCO. The zero-order valence-corrected chi connectivity index (χ0v) is 19.9. The number of unbranched alkanes of at least 4 members (excludes halogenated alkanes) is 9. The summed E-state index contributed by atoms with van der Waals surface area (Å²) >= 11 is 0.791. The second kappa shape index (κ2) is 15.6. The van der Waals surface area contributed by atoms with Gasteiger partial charge < -0.3 is 9.84 Å². The largest absolute Gasteiger partial charge is 0.462 e. The van der Waals surface area contributed by atoms with Gasteiger partial charge in [-0.15, -0.1) is 0 Å². The molecule has 0 fully saturated rings. The second-order valence-corrected chi connectivity index (χ2v) is 12.8. The van der Waals surface area contributed by atoms with E-state index in [4.69, 9.17) is 9.84 Å². The molecule has 0 saturated carbocycles. The maximum Gasteiger partial charge on any atom is 0.322 e. The Labute approximate surface area is 178 Å². The molecule has 0 radical (unpaired) electrons. The van der Waals surface area contributed by atoms with E-state index in [1.165, 1.54) is 58.8 Å². The first-order chi connectivity index (χ1) is 13.2. The molecule has 0 unspecified atom stereocenters. The number of carbonyl (C=O) groups excluding carboxylic acids is 2. The molecule has 0 aromatic carbocycles. The highest BCUT2D eigenvalue weighted by Crippen LogP contribution is 2.34. The summed E-state index contributed by atoms with van der Waals surface area (Å²) in [5.41, 5.74) is 0. The molecule has 0 saturated heterocycles. The van der Waals surface area contributed by atoms with Crippen molar-refractivity contribution in [3.63, 3.8) is 0 Å². The highest BCUT2D eigenvalue weighted by atomic mass is 33.1. The minimum absolute atomic E-state index is 0.204. The Morgan fingerprint density at radius 2 is 1.43 bits per heavy atom. The average molecular weight is 457 g/mol. The standard InChI is InChI=1S/C19H36O6S3/c1-4-5-6-7-8-9-10-11-12-13-16-26-18(22)28(23,24)27-19(2,3)17(21)25-15-14-20/h20H,4-16H2,1-3H3. The molecule has 0 bridgehead atoms. The van der Waals surface area contributed by atoms with Crippen LogP contribution in [0.1, 0.15) is 85.0 Å². The van der Waals surface area contributed by atoms with Crippen LogP contribution < -0.4 is 0 Å². The van der Waals surface area contributed by atoms with Crippen LogP contribution in [0, 0.1) is 0 Å². The molecule has 0 spiro atoms. The van der Waals surface area contributed by atoms with Crippen LogP contribution in [0.4, 0.5) is 4.79 Å². The van der Waals surface area contributed by atoms with Crippen molar-refractivity contribution in [1.82, 2.24) is 0 Å². The van der Waals surface area contributed by atoms with E-state index < -0.39 is 24.0 Å². The molecule has 9 heteroatoms. The summed E-state index contributed by atoms with van der Waals surface area (Å²) in [7, 11) is -3.82. The van der Waals surface area contributed by atoms with Gasteiger partial charge in [0.1, 0.15) is 11.4 Å². The smallest absolute Gasteiger partial charge is 0.322 e. The van der Waals surface area contributed by atoms with E-state index in [9.17, 15) is 18.0 Å². The molecule has 0 aromatic heterocycles. The minimum Gasteiger partial charge on any atom is -0.462 e. The third-order valence-corrected chi connectivity index (χ3v) is 9.69. The van der Waals surface area contributed by atoms with E-state index in [0.717, 1.165) is 31.0 Å². The Bertz CT molecular complexity index is 546. The molecule has 166 valence electrons. The van der Waals surface area contributed by atoms with Gasteiger partial charge in [0.15, 0.2) is 0 Å². The Balaban J connectivity index is 4.00. The maximum atomic E-state index is 12.2. The van der Waals surface area contributed by atoms with Gasteiger partial charge in [-0.3, -0.25) is 9.59 Å². The van der Waals surface area contributed by atoms with Gasteiger partial charge in [-0.1, -0.05) is 76.5 Å². The fourth-order valence-electron chi connectivity index (χ4n) is 2.47. The molecule has 6 nitrogen and oxygen atoms in total. The highest BCUT2D eigenvalue weighted by Gasteiger charge is 2.39. The lowest BCUT2D eigenvalue weighted by molar-refractivity contribution is -0.146. The average Bonchev–Trinajstić information content (AvgIpc) is 2.62. The zero-order chi connectivity index (χ0) is 21.5. The molecule has 1 N–H and O–H groups in total. The number of aliphatic hydroxyl groups excluding tert-OH is 1. The number of hydrogen-bond acceptors (Lipinski definition) is 8. The molecular weight excluding hydrogens is 420 g/mol. The van der Waals surface area contributed by atoms with Crippen LogP contribution >= 0.6 is 22.6 Å². The summed E-state index contributed by atoms with van der Waals surface area (Å²) in [5, 5.41) is 8.67. The quantitative estimate of drug-likeness (QED) is 0.194. The molecule has 0 aliphatic heterocycles. The van der Waals surface area contributed by atoms with Gasteiger partial charge in [0.2, 0.25) is 0 Å². The normalized spacial score (nSPS) is 12.1.